The predicted molar refractivity (Wildman–Crippen MR) is 55.9 cm³/mol. The minimum absolute atomic E-state index is 0.141. The Morgan fingerprint density at radius 2 is 2.36 bits per heavy atom. The van der Waals surface area contributed by atoms with Crippen molar-refractivity contribution < 1.29 is 14.0 Å². The number of rotatable bonds is 4. The second kappa shape index (κ2) is 4.42. The van der Waals surface area contributed by atoms with E-state index in [-0.39, 0.29) is 11.6 Å². The van der Waals surface area contributed by atoms with Gasteiger partial charge in [-0.15, -0.1) is 0 Å². The quantitative estimate of drug-likeness (QED) is 0.703. The molecule has 2 atom stereocenters. The summed E-state index contributed by atoms with van der Waals surface area (Å²) in [5.74, 6) is 0.143. The number of hydrogen-bond acceptors (Lipinski definition) is 3. The zero-order chi connectivity index (χ0) is 10.8. The zero-order valence-corrected chi connectivity index (χ0v) is 10.1. The van der Waals surface area contributed by atoms with E-state index < -0.39 is 8.56 Å². The molecule has 1 fully saturated rings. The average Bonchev–Trinajstić information content (AvgIpc) is 2.50. The van der Waals surface area contributed by atoms with Crippen LogP contribution in [0.5, 0.6) is 0 Å². The SMILES string of the molecule is CCO[Si](C)(O)C(C)N1CCCC1=O. The minimum Gasteiger partial charge on any atom is -0.410 e. The summed E-state index contributed by atoms with van der Waals surface area (Å²) in [6.45, 7) is 6.75. The summed E-state index contributed by atoms with van der Waals surface area (Å²) in [5, 5.41) is 0. The smallest absolute Gasteiger partial charge is 0.355 e. The average molecular weight is 217 g/mol. The van der Waals surface area contributed by atoms with Crippen molar-refractivity contribution >= 4 is 14.5 Å². The van der Waals surface area contributed by atoms with Gasteiger partial charge in [0.15, 0.2) is 0 Å². The molecule has 1 rings (SSSR count). The van der Waals surface area contributed by atoms with Gasteiger partial charge in [-0.25, -0.2) is 0 Å². The lowest BCUT2D eigenvalue weighted by atomic mass is 10.4. The molecule has 0 aromatic rings. The van der Waals surface area contributed by atoms with Crippen molar-refractivity contribution in [3.05, 3.63) is 0 Å². The minimum atomic E-state index is -2.71. The van der Waals surface area contributed by atoms with Crippen LogP contribution in [0.15, 0.2) is 0 Å². The Hall–Kier alpha value is -0.393. The molecule has 0 saturated carbocycles. The third-order valence-electron chi connectivity index (χ3n) is 2.79. The molecule has 0 radical (unpaired) electrons. The lowest BCUT2D eigenvalue weighted by molar-refractivity contribution is -0.128. The van der Waals surface area contributed by atoms with Crippen LogP contribution >= 0.6 is 0 Å². The van der Waals surface area contributed by atoms with E-state index in [2.05, 4.69) is 0 Å². The molecule has 2 unspecified atom stereocenters. The van der Waals surface area contributed by atoms with Gasteiger partial charge in [0.2, 0.25) is 5.91 Å². The maximum atomic E-state index is 11.4. The molecule has 1 N–H and O–H groups in total. The summed E-state index contributed by atoms with van der Waals surface area (Å²) >= 11 is 0. The van der Waals surface area contributed by atoms with Crippen LogP contribution in [-0.2, 0) is 9.22 Å². The fraction of sp³-hybridized carbons (Fsp3) is 0.889. The molecule has 1 saturated heterocycles. The van der Waals surface area contributed by atoms with E-state index in [1.165, 1.54) is 0 Å². The van der Waals surface area contributed by atoms with E-state index in [1.54, 1.807) is 11.4 Å². The van der Waals surface area contributed by atoms with Crippen LogP contribution in [0.25, 0.3) is 0 Å². The zero-order valence-electron chi connectivity index (χ0n) is 9.12. The maximum absolute atomic E-state index is 11.4. The van der Waals surface area contributed by atoms with E-state index in [4.69, 9.17) is 4.43 Å². The first-order valence-electron chi connectivity index (χ1n) is 5.15. The van der Waals surface area contributed by atoms with Gasteiger partial charge in [-0.2, -0.15) is 0 Å². The van der Waals surface area contributed by atoms with E-state index in [9.17, 15) is 9.59 Å². The number of carbonyl (C=O) groups is 1. The molecular formula is C9H19NO3Si. The van der Waals surface area contributed by atoms with Crippen LogP contribution in [0, 0.1) is 0 Å². The van der Waals surface area contributed by atoms with E-state index >= 15 is 0 Å². The lowest BCUT2D eigenvalue weighted by Gasteiger charge is -2.33. The van der Waals surface area contributed by atoms with Crippen molar-refractivity contribution in [1.29, 1.82) is 0 Å². The Morgan fingerprint density at radius 3 is 2.79 bits per heavy atom. The summed E-state index contributed by atoms with van der Waals surface area (Å²) in [5.41, 5.74) is -0.141. The first-order valence-corrected chi connectivity index (χ1v) is 7.58. The van der Waals surface area contributed by atoms with Crippen molar-refractivity contribution in [3.8, 4) is 0 Å². The first-order chi connectivity index (χ1) is 6.49. The summed E-state index contributed by atoms with van der Waals surface area (Å²) < 4.78 is 5.35. The summed E-state index contributed by atoms with van der Waals surface area (Å²) in [6.07, 6.45) is 1.51. The van der Waals surface area contributed by atoms with Gasteiger partial charge in [0.1, 0.15) is 0 Å². The molecule has 0 aromatic carbocycles. The van der Waals surface area contributed by atoms with Crippen LogP contribution in [0.1, 0.15) is 26.7 Å². The second-order valence-corrected chi connectivity index (χ2v) is 7.09. The number of likely N-dealkylation sites (tertiary alicyclic amines) is 1. The third kappa shape index (κ3) is 2.34. The van der Waals surface area contributed by atoms with Gasteiger partial charge in [0.25, 0.3) is 0 Å². The molecule has 14 heavy (non-hydrogen) atoms. The highest BCUT2D eigenvalue weighted by Crippen LogP contribution is 2.19. The van der Waals surface area contributed by atoms with Crippen molar-refractivity contribution in [2.24, 2.45) is 0 Å². The van der Waals surface area contributed by atoms with E-state index in [0.717, 1.165) is 13.0 Å². The van der Waals surface area contributed by atoms with Crippen LogP contribution < -0.4 is 0 Å². The van der Waals surface area contributed by atoms with Gasteiger partial charge < -0.3 is 14.1 Å². The molecule has 1 aliphatic heterocycles. The Bertz CT molecular complexity index is 220. The highest BCUT2D eigenvalue weighted by Gasteiger charge is 2.41. The summed E-state index contributed by atoms with van der Waals surface area (Å²) in [4.78, 5) is 23.3. The fourth-order valence-corrected chi connectivity index (χ4v) is 3.46. The van der Waals surface area contributed by atoms with Crippen LogP contribution in [-0.4, -0.2) is 43.0 Å². The van der Waals surface area contributed by atoms with Crippen molar-refractivity contribution in [1.82, 2.24) is 4.90 Å². The largest absolute Gasteiger partial charge is 0.410 e. The summed E-state index contributed by atoms with van der Waals surface area (Å²) in [6, 6.07) is 0. The van der Waals surface area contributed by atoms with Crippen molar-refractivity contribution in [2.75, 3.05) is 13.2 Å². The van der Waals surface area contributed by atoms with Crippen LogP contribution in [0.4, 0.5) is 0 Å². The van der Waals surface area contributed by atoms with Gasteiger partial charge >= 0.3 is 8.56 Å². The predicted octanol–water partition coefficient (Wildman–Crippen LogP) is 0.637. The van der Waals surface area contributed by atoms with Crippen LogP contribution in [0.3, 0.4) is 0 Å². The second-order valence-electron chi connectivity index (χ2n) is 3.85. The van der Waals surface area contributed by atoms with Gasteiger partial charge in [0.05, 0.1) is 5.67 Å². The monoisotopic (exact) mass is 217 g/mol. The Balaban J connectivity index is 2.63. The molecule has 1 aliphatic rings. The molecule has 1 amide bonds. The Kier molecular flexibility index (Phi) is 3.69. The van der Waals surface area contributed by atoms with Gasteiger partial charge in [0, 0.05) is 19.6 Å². The molecule has 82 valence electrons. The maximum Gasteiger partial charge on any atom is 0.355 e. The molecule has 5 heteroatoms. The van der Waals surface area contributed by atoms with Crippen molar-refractivity contribution in [3.63, 3.8) is 0 Å². The van der Waals surface area contributed by atoms with Gasteiger partial charge in [-0.1, -0.05) is 0 Å². The Labute approximate surface area is 86.1 Å². The number of carbonyl (C=O) groups excluding carboxylic acids is 1. The first kappa shape index (κ1) is 11.7. The van der Waals surface area contributed by atoms with Gasteiger partial charge in [-0.05, 0) is 26.8 Å². The fourth-order valence-electron chi connectivity index (χ4n) is 1.78. The highest BCUT2D eigenvalue weighted by atomic mass is 28.4. The Morgan fingerprint density at radius 1 is 1.71 bits per heavy atom. The lowest BCUT2D eigenvalue weighted by Crippen LogP contribution is -2.56. The molecule has 0 aliphatic carbocycles. The van der Waals surface area contributed by atoms with E-state index in [1.807, 2.05) is 13.8 Å². The third-order valence-corrected chi connectivity index (χ3v) is 5.52. The van der Waals surface area contributed by atoms with Gasteiger partial charge in [-0.3, -0.25) is 4.79 Å². The molecule has 0 aromatic heterocycles. The highest BCUT2D eigenvalue weighted by molar-refractivity contribution is 6.66. The van der Waals surface area contributed by atoms with Crippen LogP contribution in [0.2, 0.25) is 6.55 Å². The summed E-state index contributed by atoms with van der Waals surface area (Å²) in [7, 11) is -2.71. The molecule has 0 spiro atoms. The number of nitrogens with zero attached hydrogens (tertiary/aromatic N) is 1. The van der Waals surface area contributed by atoms with E-state index in [0.29, 0.717) is 13.0 Å². The van der Waals surface area contributed by atoms with Crippen molar-refractivity contribution in [2.45, 2.75) is 38.9 Å². The molecule has 0 bridgehead atoms. The normalized spacial score (nSPS) is 23.7. The number of hydrogen-bond donors (Lipinski definition) is 1. The topological polar surface area (TPSA) is 49.8 Å². The molecule has 4 nitrogen and oxygen atoms in total. The number of amides is 1. The molecular weight excluding hydrogens is 198 g/mol. The molecule has 1 heterocycles. The standard InChI is InChI=1S/C9H19NO3Si/c1-4-13-14(3,12)8(2)10-7-5-6-9(10)11/h8,12H,4-7H2,1-3H3.